The Morgan fingerprint density at radius 2 is 1.64 bits per heavy atom. The minimum absolute atomic E-state index is 0.241. The van der Waals surface area contributed by atoms with Crippen LogP contribution in [0.4, 0.5) is 0 Å². The number of hydrogen-bond acceptors (Lipinski definition) is 2. The van der Waals surface area contributed by atoms with Crippen LogP contribution in [-0.2, 0) is 4.79 Å². The van der Waals surface area contributed by atoms with Crippen LogP contribution in [0.1, 0.15) is 40.5 Å². The fraction of sp³-hybridized carbons (Fsp3) is 0.909. The zero-order valence-corrected chi connectivity index (χ0v) is 10.5. The van der Waals surface area contributed by atoms with E-state index in [0.29, 0.717) is 0 Å². The first-order chi connectivity index (χ1) is 6.44. The Morgan fingerprint density at radius 3 is 1.93 bits per heavy atom. The molecular weight excluding hydrogens is 198 g/mol. The van der Waals surface area contributed by atoms with Gasteiger partial charge in [0.2, 0.25) is 5.24 Å². The van der Waals surface area contributed by atoms with Gasteiger partial charge in [0, 0.05) is 6.54 Å². The van der Waals surface area contributed by atoms with Crippen molar-refractivity contribution < 1.29 is 4.79 Å². The highest BCUT2D eigenvalue weighted by molar-refractivity contribution is 6.64. The third kappa shape index (κ3) is 4.97. The molecule has 0 fully saturated rings. The topological polar surface area (TPSA) is 20.3 Å². The second kappa shape index (κ2) is 6.41. The molecule has 0 heterocycles. The van der Waals surface area contributed by atoms with Crippen molar-refractivity contribution in [1.82, 2.24) is 4.90 Å². The van der Waals surface area contributed by atoms with Crippen LogP contribution in [0.15, 0.2) is 0 Å². The van der Waals surface area contributed by atoms with E-state index in [9.17, 15) is 4.79 Å². The van der Waals surface area contributed by atoms with Crippen LogP contribution in [0, 0.1) is 5.41 Å². The van der Waals surface area contributed by atoms with Crippen LogP contribution in [-0.4, -0.2) is 29.8 Å². The number of carbonyl (C=O) groups excluding carboxylic acids is 1. The van der Waals surface area contributed by atoms with E-state index >= 15 is 0 Å². The SMILES string of the molecule is CCCN(CCC)CC(C)(C)C(=O)Cl. The number of rotatable bonds is 7. The Balaban J connectivity index is 4.19. The minimum Gasteiger partial charge on any atom is -0.302 e. The summed E-state index contributed by atoms with van der Waals surface area (Å²) in [4.78, 5) is 13.5. The highest BCUT2D eigenvalue weighted by atomic mass is 35.5. The van der Waals surface area contributed by atoms with Crippen molar-refractivity contribution in [3.63, 3.8) is 0 Å². The van der Waals surface area contributed by atoms with E-state index in [-0.39, 0.29) is 5.24 Å². The summed E-state index contributed by atoms with van der Waals surface area (Å²) in [6.45, 7) is 11.0. The van der Waals surface area contributed by atoms with Crippen molar-refractivity contribution in [2.75, 3.05) is 19.6 Å². The molecule has 84 valence electrons. The molecule has 14 heavy (non-hydrogen) atoms. The van der Waals surface area contributed by atoms with Gasteiger partial charge in [-0.15, -0.1) is 0 Å². The second-order valence-electron chi connectivity index (χ2n) is 4.43. The molecule has 0 rings (SSSR count). The van der Waals surface area contributed by atoms with E-state index in [0.717, 1.165) is 32.5 Å². The summed E-state index contributed by atoms with van der Waals surface area (Å²) in [5.41, 5.74) is -0.425. The number of halogens is 1. The van der Waals surface area contributed by atoms with E-state index in [1.807, 2.05) is 13.8 Å². The molecule has 2 nitrogen and oxygen atoms in total. The van der Waals surface area contributed by atoms with Crippen LogP contribution < -0.4 is 0 Å². The van der Waals surface area contributed by atoms with Crippen molar-refractivity contribution >= 4 is 16.8 Å². The van der Waals surface area contributed by atoms with Crippen LogP contribution >= 0.6 is 11.6 Å². The predicted octanol–water partition coefficient (Wildman–Crippen LogP) is 2.90. The average molecular weight is 220 g/mol. The molecule has 0 aliphatic carbocycles. The molecule has 0 aromatic heterocycles. The van der Waals surface area contributed by atoms with Gasteiger partial charge in [0.15, 0.2) is 0 Å². The van der Waals surface area contributed by atoms with Crippen molar-refractivity contribution in [2.24, 2.45) is 5.41 Å². The zero-order valence-electron chi connectivity index (χ0n) is 9.77. The van der Waals surface area contributed by atoms with Gasteiger partial charge in [-0.2, -0.15) is 0 Å². The van der Waals surface area contributed by atoms with Crippen LogP contribution in [0.25, 0.3) is 0 Å². The van der Waals surface area contributed by atoms with Gasteiger partial charge in [-0.3, -0.25) is 4.79 Å². The molecule has 0 saturated carbocycles. The molecule has 3 heteroatoms. The molecule has 0 unspecified atom stereocenters. The molecule has 0 spiro atoms. The van der Waals surface area contributed by atoms with Crippen molar-refractivity contribution in [2.45, 2.75) is 40.5 Å². The lowest BCUT2D eigenvalue weighted by atomic mass is 9.94. The Labute approximate surface area is 92.6 Å². The fourth-order valence-corrected chi connectivity index (χ4v) is 1.58. The largest absolute Gasteiger partial charge is 0.302 e. The van der Waals surface area contributed by atoms with E-state index < -0.39 is 5.41 Å². The van der Waals surface area contributed by atoms with Gasteiger partial charge in [0.25, 0.3) is 0 Å². The molecule has 0 amide bonds. The molecule has 0 aliphatic heterocycles. The highest BCUT2D eigenvalue weighted by Gasteiger charge is 2.27. The molecule has 0 aromatic rings. The highest BCUT2D eigenvalue weighted by Crippen LogP contribution is 2.20. The van der Waals surface area contributed by atoms with E-state index in [1.54, 1.807) is 0 Å². The Morgan fingerprint density at radius 1 is 1.21 bits per heavy atom. The third-order valence-corrected chi connectivity index (χ3v) is 2.74. The van der Waals surface area contributed by atoms with Gasteiger partial charge in [-0.05, 0) is 37.5 Å². The zero-order chi connectivity index (χ0) is 11.2. The fourth-order valence-electron chi connectivity index (χ4n) is 1.52. The number of nitrogens with zero attached hydrogens (tertiary/aromatic N) is 1. The Hall–Kier alpha value is -0.0800. The quantitative estimate of drug-likeness (QED) is 0.614. The van der Waals surface area contributed by atoms with Gasteiger partial charge < -0.3 is 4.90 Å². The van der Waals surface area contributed by atoms with Crippen molar-refractivity contribution in [1.29, 1.82) is 0 Å². The number of hydrogen-bond donors (Lipinski definition) is 0. The molecule has 0 saturated heterocycles. The predicted molar refractivity (Wildman–Crippen MR) is 61.7 cm³/mol. The van der Waals surface area contributed by atoms with Gasteiger partial charge in [-0.25, -0.2) is 0 Å². The van der Waals surface area contributed by atoms with E-state index in [1.165, 1.54) is 0 Å². The molecule has 0 radical (unpaired) electrons. The monoisotopic (exact) mass is 219 g/mol. The van der Waals surface area contributed by atoms with E-state index in [2.05, 4.69) is 18.7 Å². The molecular formula is C11H22ClNO. The lowest BCUT2D eigenvalue weighted by Gasteiger charge is -2.29. The molecule has 0 atom stereocenters. The van der Waals surface area contributed by atoms with Gasteiger partial charge in [-0.1, -0.05) is 27.7 Å². The lowest BCUT2D eigenvalue weighted by molar-refractivity contribution is -0.119. The molecule has 0 aliphatic rings. The van der Waals surface area contributed by atoms with Crippen LogP contribution in [0.2, 0.25) is 0 Å². The maximum Gasteiger partial charge on any atom is 0.228 e. The molecule has 0 aromatic carbocycles. The maximum absolute atomic E-state index is 11.1. The van der Waals surface area contributed by atoms with E-state index in [4.69, 9.17) is 11.6 Å². The first-order valence-corrected chi connectivity index (χ1v) is 5.74. The standard InChI is InChI=1S/C11H22ClNO/c1-5-7-13(8-6-2)9-11(3,4)10(12)14/h5-9H2,1-4H3. The Kier molecular flexibility index (Phi) is 6.38. The molecule has 0 N–H and O–H groups in total. The van der Waals surface area contributed by atoms with Crippen molar-refractivity contribution in [3.8, 4) is 0 Å². The summed E-state index contributed by atoms with van der Waals surface area (Å²) in [6.07, 6.45) is 2.24. The maximum atomic E-state index is 11.1. The van der Waals surface area contributed by atoms with Crippen LogP contribution in [0.3, 0.4) is 0 Å². The van der Waals surface area contributed by atoms with Gasteiger partial charge in [0.1, 0.15) is 0 Å². The first kappa shape index (κ1) is 13.9. The van der Waals surface area contributed by atoms with Crippen molar-refractivity contribution in [3.05, 3.63) is 0 Å². The summed E-state index contributed by atoms with van der Waals surface area (Å²) < 4.78 is 0. The summed E-state index contributed by atoms with van der Waals surface area (Å²) in [5, 5.41) is -0.241. The summed E-state index contributed by atoms with van der Waals surface area (Å²) in [6, 6.07) is 0. The van der Waals surface area contributed by atoms with Gasteiger partial charge >= 0.3 is 0 Å². The second-order valence-corrected chi connectivity index (χ2v) is 4.78. The lowest BCUT2D eigenvalue weighted by Crippen LogP contribution is -2.38. The first-order valence-electron chi connectivity index (χ1n) is 5.36. The average Bonchev–Trinajstić information content (AvgIpc) is 2.04. The summed E-state index contributed by atoms with van der Waals surface area (Å²) >= 11 is 5.55. The minimum atomic E-state index is -0.425. The summed E-state index contributed by atoms with van der Waals surface area (Å²) in [7, 11) is 0. The van der Waals surface area contributed by atoms with Gasteiger partial charge in [0.05, 0.1) is 5.41 Å². The van der Waals surface area contributed by atoms with Crippen LogP contribution in [0.5, 0.6) is 0 Å². The summed E-state index contributed by atoms with van der Waals surface area (Å²) in [5.74, 6) is 0. The molecule has 0 bridgehead atoms. The third-order valence-electron chi connectivity index (χ3n) is 2.23. The number of carbonyl (C=O) groups is 1. The smallest absolute Gasteiger partial charge is 0.228 e. The Bertz CT molecular complexity index is 174. The normalized spacial score (nSPS) is 12.1.